The molecule has 0 atom stereocenters. The van der Waals surface area contributed by atoms with Crippen molar-refractivity contribution in [1.29, 1.82) is 0 Å². The van der Waals surface area contributed by atoms with Crippen LogP contribution in [0, 0.1) is 0 Å². The maximum atomic E-state index is 5.28. The zero-order chi connectivity index (χ0) is 8.10. The molecule has 11 heavy (non-hydrogen) atoms. The van der Waals surface area contributed by atoms with Crippen LogP contribution in [-0.4, -0.2) is 23.8 Å². The fraction of sp³-hybridized carbons (Fsp3) is 0.667. The maximum Gasteiger partial charge on any atom is 0.228 e. The highest BCUT2D eigenvalue weighted by Gasteiger charge is 2.03. The summed E-state index contributed by atoms with van der Waals surface area (Å²) in [6, 6.07) is 0. The lowest BCUT2D eigenvalue weighted by molar-refractivity contribution is 0.174. The van der Waals surface area contributed by atoms with Crippen LogP contribution in [0.3, 0.4) is 0 Å². The smallest absolute Gasteiger partial charge is 0.228 e. The van der Waals surface area contributed by atoms with Gasteiger partial charge in [-0.1, -0.05) is 5.16 Å². The highest BCUT2D eigenvalue weighted by atomic mass is 16.5. The van der Waals surface area contributed by atoms with E-state index in [4.69, 9.17) is 15.0 Å². The van der Waals surface area contributed by atoms with Crippen LogP contribution in [0.4, 0.5) is 0 Å². The van der Waals surface area contributed by atoms with Crippen molar-refractivity contribution < 1.29 is 9.26 Å². The Bertz CT molecular complexity index is 191. The van der Waals surface area contributed by atoms with E-state index in [9.17, 15) is 0 Å². The van der Waals surface area contributed by atoms with E-state index in [-0.39, 0.29) is 0 Å². The van der Waals surface area contributed by atoms with Gasteiger partial charge in [-0.05, 0) is 0 Å². The lowest BCUT2D eigenvalue weighted by atomic mass is 10.4. The minimum atomic E-state index is 0.383. The van der Waals surface area contributed by atoms with Crippen LogP contribution >= 0.6 is 0 Å². The molecule has 1 rings (SSSR count). The van der Waals surface area contributed by atoms with Gasteiger partial charge in [0.1, 0.15) is 6.61 Å². The summed E-state index contributed by atoms with van der Waals surface area (Å²) >= 11 is 0. The molecule has 0 saturated carbocycles. The molecule has 0 aliphatic carbocycles. The third kappa shape index (κ3) is 2.28. The van der Waals surface area contributed by atoms with Gasteiger partial charge in [-0.2, -0.15) is 4.98 Å². The Morgan fingerprint density at radius 1 is 1.64 bits per heavy atom. The summed E-state index contributed by atoms with van der Waals surface area (Å²) < 4.78 is 9.64. The van der Waals surface area contributed by atoms with Crippen molar-refractivity contribution in [2.45, 2.75) is 13.0 Å². The monoisotopic (exact) mass is 157 g/mol. The number of aromatic nitrogens is 2. The lowest BCUT2D eigenvalue weighted by Crippen LogP contribution is -2.02. The van der Waals surface area contributed by atoms with Crippen molar-refractivity contribution in [3.05, 3.63) is 11.7 Å². The molecule has 0 amide bonds. The van der Waals surface area contributed by atoms with Crippen LogP contribution in [-0.2, 0) is 17.8 Å². The lowest BCUT2D eigenvalue weighted by Gasteiger charge is -1.86. The Morgan fingerprint density at radius 2 is 2.45 bits per heavy atom. The minimum absolute atomic E-state index is 0.383. The second kappa shape index (κ2) is 4.05. The first kappa shape index (κ1) is 8.16. The van der Waals surface area contributed by atoms with Gasteiger partial charge in [0.05, 0.1) is 0 Å². The molecule has 0 aliphatic rings. The fourth-order valence-corrected chi connectivity index (χ4v) is 0.703. The van der Waals surface area contributed by atoms with Crippen LogP contribution in [0.15, 0.2) is 4.52 Å². The molecule has 1 aromatic heterocycles. The van der Waals surface area contributed by atoms with Crippen molar-refractivity contribution in [2.75, 3.05) is 13.7 Å². The molecule has 1 heterocycles. The quantitative estimate of drug-likeness (QED) is 0.650. The summed E-state index contributed by atoms with van der Waals surface area (Å²) in [4.78, 5) is 4.01. The molecule has 0 saturated heterocycles. The Morgan fingerprint density at radius 3 is 3.09 bits per heavy atom. The van der Waals surface area contributed by atoms with Crippen molar-refractivity contribution in [3.63, 3.8) is 0 Å². The second-order valence-electron chi connectivity index (χ2n) is 2.08. The Labute approximate surface area is 64.5 Å². The van der Waals surface area contributed by atoms with E-state index < -0.39 is 0 Å². The predicted octanol–water partition coefficient (Wildman–Crippen LogP) is -0.283. The zero-order valence-corrected chi connectivity index (χ0v) is 6.41. The van der Waals surface area contributed by atoms with Crippen LogP contribution in [0.25, 0.3) is 0 Å². The first-order valence-corrected chi connectivity index (χ1v) is 3.37. The molecular formula is C6H11N3O2. The summed E-state index contributed by atoms with van der Waals surface area (Å²) in [7, 11) is 1.58. The number of nitrogens with zero attached hydrogens (tertiary/aromatic N) is 2. The molecule has 0 aromatic carbocycles. The van der Waals surface area contributed by atoms with Crippen molar-refractivity contribution in [3.8, 4) is 0 Å². The molecule has 0 aliphatic heterocycles. The summed E-state index contributed by atoms with van der Waals surface area (Å²) in [6.45, 7) is 0.905. The van der Waals surface area contributed by atoms with E-state index in [0.29, 0.717) is 31.3 Å². The first-order chi connectivity index (χ1) is 5.36. The number of nitrogens with two attached hydrogens (primary N) is 1. The van der Waals surface area contributed by atoms with Gasteiger partial charge in [0.15, 0.2) is 5.82 Å². The van der Waals surface area contributed by atoms with E-state index in [1.54, 1.807) is 7.11 Å². The van der Waals surface area contributed by atoms with Crippen molar-refractivity contribution in [1.82, 2.24) is 10.1 Å². The largest absolute Gasteiger partial charge is 0.377 e. The Kier molecular flexibility index (Phi) is 3.00. The van der Waals surface area contributed by atoms with Crippen molar-refractivity contribution >= 4 is 0 Å². The molecule has 2 N–H and O–H groups in total. The van der Waals surface area contributed by atoms with E-state index in [1.165, 1.54) is 0 Å². The van der Waals surface area contributed by atoms with Crippen LogP contribution < -0.4 is 5.73 Å². The summed E-state index contributed by atoms with van der Waals surface area (Å²) in [5, 5.41) is 3.66. The summed E-state index contributed by atoms with van der Waals surface area (Å²) in [5.74, 6) is 1.13. The Hall–Kier alpha value is -0.940. The third-order valence-electron chi connectivity index (χ3n) is 1.14. The van der Waals surface area contributed by atoms with Gasteiger partial charge in [0, 0.05) is 20.1 Å². The van der Waals surface area contributed by atoms with E-state index >= 15 is 0 Å². The van der Waals surface area contributed by atoms with Gasteiger partial charge < -0.3 is 15.0 Å². The molecular weight excluding hydrogens is 146 g/mol. The molecule has 0 radical (unpaired) electrons. The summed E-state index contributed by atoms with van der Waals surface area (Å²) in [6.07, 6.45) is 0.622. The molecule has 0 bridgehead atoms. The normalized spacial score (nSPS) is 10.4. The SMILES string of the molecule is COCc1noc(CCN)n1. The molecule has 5 nitrogen and oxygen atoms in total. The minimum Gasteiger partial charge on any atom is -0.377 e. The van der Waals surface area contributed by atoms with E-state index in [2.05, 4.69) is 10.1 Å². The maximum absolute atomic E-state index is 5.28. The van der Waals surface area contributed by atoms with Gasteiger partial charge in [0.25, 0.3) is 0 Å². The average Bonchev–Trinajstić information content (AvgIpc) is 2.38. The first-order valence-electron chi connectivity index (χ1n) is 3.37. The van der Waals surface area contributed by atoms with Crippen molar-refractivity contribution in [2.24, 2.45) is 5.73 Å². The molecule has 5 heteroatoms. The van der Waals surface area contributed by atoms with E-state index in [1.807, 2.05) is 0 Å². The van der Waals surface area contributed by atoms with Crippen LogP contribution in [0.5, 0.6) is 0 Å². The molecule has 0 unspecified atom stereocenters. The number of ether oxygens (including phenoxy) is 1. The molecule has 1 aromatic rings. The number of hydrogen-bond acceptors (Lipinski definition) is 5. The van der Waals surface area contributed by atoms with Gasteiger partial charge in [-0.25, -0.2) is 0 Å². The number of rotatable bonds is 4. The second-order valence-corrected chi connectivity index (χ2v) is 2.08. The molecule has 0 spiro atoms. The van der Waals surface area contributed by atoms with Gasteiger partial charge in [-0.15, -0.1) is 0 Å². The highest BCUT2D eigenvalue weighted by Crippen LogP contribution is 1.97. The number of hydrogen-bond donors (Lipinski definition) is 1. The third-order valence-corrected chi connectivity index (χ3v) is 1.14. The zero-order valence-electron chi connectivity index (χ0n) is 6.41. The molecule has 0 fully saturated rings. The summed E-state index contributed by atoms with van der Waals surface area (Å²) in [5.41, 5.74) is 5.28. The average molecular weight is 157 g/mol. The van der Waals surface area contributed by atoms with Crippen LogP contribution in [0.1, 0.15) is 11.7 Å². The standard InChI is InChI=1S/C6H11N3O2/c1-10-4-5-8-6(2-3-7)11-9-5/h2-4,7H2,1H3. The van der Waals surface area contributed by atoms with Gasteiger partial charge in [0.2, 0.25) is 5.89 Å². The van der Waals surface area contributed by atoms with Gasteiger partial charge >= 0.3 is 0 Å². The predicted molar refractivity (Wildman–Crippen MR) is 37.8 cm³/mol. The van der Waals surface area contributed by atoms with Gasteiger partial charge in [-0.3, -0.25) is 0 Å². The number of methoxy groups -OCH3 is 1. The topological polar surface area (TPSA) is 74.2 Å². The Balaban J connectivity index is 2.51. The van der Waals surface area contributed by atoms with Crippen LogP contribution in [0.2, 0.25) is 0 Å². The molecule has 62 valence electrons. The van der Waals surface area contributed by atoms with E-state index in [0.717, 1.165) is 0 Å². The highest BCUT2D eigenvalue weighted by molar-refractivity contribution is 4.84. The fourth-order valence-electron chi connectivity index (χ4n) is 0.703.